The van der Waals surface area contributed by atoms with E-state index in [2.05, 4.69) is 0 Å². The molecular formula is C16H10O5. The minimum atomic E-state index is 0.191. The predicted octanol–water partition coefficient (Wildman–Crippen LogP) is 2.73. The molecule has 0 aliphatic heterocycles. The summed E-state index contributed by atoms with van der Waals surface area (Å²) in [4.78, 5) is 43.4. The van der Waals surface area contributed by atoms with Crippen molar-refractivity contribution in [2.45, 2.75) is 0 Å². The summed E-state index contributed by atoms with van der Waals surface area (Å²) in [5.41, 5.74) is 1.07. The molecule has 0 saturated carbocycles. The fourth-order valence-corrected chi connectivity index (χ4v) is 1.77. The number of ether oxygens (including phenoxy) is 1. The van der Waals surface area contributed by atoms with Crippen LogP contribution >= 0.6 is 0 Å². The number of hydrogen-bond donors (Lipinski definition) is 0. The average Bonchev–Trinajstić information content (AvgIpc) is 2.55. The normalized spacial score (nSPS) is 9.71. The zero-order valence-corrected chi connectivity index (χ0v) is 10.8. The lowest BCUT2D eigenvalue weighted by atomic mass is 10.1. The van der Waals surface area contributed by atoms with Gasteiger partial charge in [0, 0.05) is 11.1 Å². The van der Waals surface area contributed by atoms with Crippen LogP contribution in [-0.2, 0) is 0 Å². The molecule has 104 valence electrons. The lowest BCUT2D eigenvalue weighted by Gasteiger charge is -2.10. The molecule has 2 rings (SSSR count). The molecule has 0 aromatic heterocycles. The van der Waals surface area contributed by atoms with Gasteiger partial charge < -0.3 is 4.74 Å². The summed E-state index contributed by atoms with van der Waals surface area (Å²) in [6, 6.07) is 8.70. The van der Waals surface area contributed by atoms with Gasteiger partial charge in [0.15, 0.2) is 12.6 Å². The first kappa shape index (κ1) is 14.3. The molecule has 0 N–H and O–H groups in total. The summed E-state index contributed by atoms with van der Waals surface area (Å²) < 4.78 is 5.53. The number of carbonyl (C=O) groups excluding carboxylic acids is 4. The Balaban J connectivity index is 2.42. The Labute approximate surface area is 120 Å². The van der Waals surface area contributed by atoms with Crippen LogP contribution in [0.2, 0.25) is 0 Å². The fourth-order valence-electron chi connectivity index (χ4n) is 1.77. The third-order valence-electron chi connectivity index (χ3n) is 2.81. The Morgan fingerprint density at radius 3 is 1.38 bits per heavy atom. The number of carbonyl (C=O) groups is 4. The van der Waals surface area contributed by atoms with E-state index < -0.39 is 0 Å². The van der Waals surface area contributed by atoms with E-state index in [-0.39, 0.29) is 22.6 Å². The third kappa shape index (κ3) is 3.09. The van der Waals surface area contributed by atoms with Crippen molar-refractivity contribution in [3.8, 4) is 11.5 Å². The molecule has 5 heteroatoms. The van der Waals surface area contributed by atoms with Crippen LogP contribution < -0.4 is 4.74 Å². The summed E-state index contributed by atoms with van der Waals surface area (Å²) in [5.74, 6) is 0.440. The lowest BCUT2D eigenvalue weighted by molar-refractivity contribution is 0.111. The maximum Gasteiger partial charge on any atom is 0.153 e. The van der Waals surface area contributed by atoms with Crippen LogP contribution in [0.1, 0.15) is 41.4 Å². The van der Waals surface area contributed by atoms with Gasteiger partial charge in [0.1, 0.15) is 24.1 Å². The van der Waals surface area contributed by atoms with E-state index >= 15 is 0 Å². The van der Waals surface area contributed by atoms with Gasteiger partial charge >= 0.3 is 0 Å². The van der Waals surface area contributed by atoms with E-state index in [1.165, 1.54) is 36.4 Å². The minimum absolute atomic E-state index is 0.191. The van der Waals surface area contributed by atoms with Gasteiger partial charge in [-0.2, -0.15) is 0 Å². The average molecular weight is 282 g/mol. The van der Waals surface area contributed by atoms with Crippen molar-refractivity contribution in [3.63, 3.8) is 0 Å². The van der Waals surface area contributed by atoms with Crippen molar-refractivity contribution in [1.29, 1.82) is 0 Å². The third-order valence-corrected chi connectivity index (χ3v) is 2.81. The highest BCUT2D eigenvalue weighted by molar-refractivity contribution is 5.87. The molecule has 0 heterocycles. The Morgan fingerprint density at radius 2 is 1.05 bits per heavy atom. The van der Waals surface area contributed by atoms with Crippen LogP contribution in [-0.4, -0.2) is 25.1 Å². The van der Waals surface area contributed by atoms with E-state index in [1.807, 2.05) is 0 Å². The highest BCUT2D eigenvalue weighted by Crippen LogP contribution is 2.27. The SMILES string of the molecule is O=Cc1ccc(Oc2ccc(C=O)cc2C=O)c(C=O)c1. The summed E-state index contributed by atoms with van der Waals surface area (Å²) in [6.07, 6.45) is 2.35. The monoisotopic (exact) mass is 282 g/mol. The van der Waals surface area contributed by atoms with Gasteiger partial charge in [-0.25, -0.2) is 0 Å². The van der Waals surface area contributed by atoms with Crippen LogP contribution in [0.25, 0.3) is 0 Å². The Kier molecular flexibility index (Phi) is 4.36. The summed E-state index contributed by atoms with van der Waals surface area (Å²) in [5, 5.41) is 0. The molecule has 0 amide bonds. The van der Waals surface area contributed by atoms with Gasteiger partial charge in [-0.1, -0.05) is 0 Å². The van der Waals surface area contributed by atoms with Gasteiger partial charge in [0.05, 0.1) is 11.1 Å². The Hall–Kier alpha value is -3.08. The highest BCUT2D eigenvalue weighted by atomic mass is 16.5. The van der Waals surface area contributed by atoms with E-state index in [0.717, 1.165) is 0 Å². The molecule has 0 aliphatic carbocycles. The maximum atomic E-state index is 11.0. The van der Waals surface area contributed by atoms with Crippen LogP contribution in [0, 0.1) is 0 Å². The van der Waals surface area contributed by atoms with Crippen molar-refractivity contribution in [1.82, 2.24) is 0 Å². The fraction of sp³-hybridized carbons (Fsp3) is 0. The van der Waals surface area contributed by atoms with Crippen LogP contribution in [0.4, 0.5) is 0 Å². The first-order valence-corrected chi connectivity index (χ1v) is 5.98. The van der Waals surface area contributed by atoms with Crippen LogP contribution in [0.5, 0.6) is 11.5 Å². The molecule has 0 saturated heterocycles. The van der Waals surface area contributed by atoms with Gasteiger partial charge in [0.25, 0.3) is 0 Å². The molecule has 2 aromatic carbocycles. The van der Waals surface area contributed by atoms with Gasteiger partial charge in [-0.3, -0.25) is 19.2 Å². The standard InChI is InChI=1S/C16H10O5/c17-7-11-1-3-15(13(5-11)9-19)21-16-4-2-12(8-18)6-14(16)10-20/h1-10H. The van der Waals surface area contributed by atoms with Crippen molar-refractivity contribution in [2.24, 2.45) is 0 Å². The van der Waals surface area contributed by atoms with Crippen LogP contribution in [0.3, 0.4) is 0 Å². The zero-order valence-electron chi connectivity index (χ0n) is 10.8. The smallest absolute Gasteiger partial charge is 0.153 e. The molecule has 0 aliphatic rings. The maximum absolute atomic E-state index is 11.0. The molecule has 5 nitrogen and oxygen atoms in total. The number of rotatable bonds is 6. The summed E-state index contributed by atoms with van der Waals surface area (Å²) in [7, 11) is 0. The number of hydrogen-bond acceptors (Lipinski definition) is 5. The molecule has 0 bridgehead atoms. The van der Waals surface area contributed by atoms with Crippen molar-refractivity contribution in [3.05, 3.63) is 58.7 Å². The van der Waals surface area contributed by atoms with Gasteiger partial charge in [0.2, 0.25) is 0 Å². The predicted molar refractivity (Wildman–Crippen MR) is 74.5 cm³/mol. The molecule has 21 heavy (non-hydrogen) atoms. The van der Waals surface area contributed by atoms with Gasteiger partial charge in [-0.05, 0) is 36.4 Å². The number of benzene rings is 2. The van der Waals surface area contributed by atoms with Crippen LogP contribution in [0.15, 0.2) is 36.4 Å². The second kappa shape index (κ2) is 6.38. The Bertz CT molecular complexity index is 657. The molecule has 0 atom stereocenters. The first-order valence-electron chi connectivity index (χ1n) is 5.98. The second-order valence-corrected chi connectivity index (χ2v) is 4.17. The molecule has 0 radical (unpaired) electrons. The molecule has 0 fully saturated rings. The van der Waals surface area contributed by atoms with Gasteiger partial charge in [-0.15, -0.1) is 0 Å². The van der Waals surface area contributed by atoms with E-state index in [4.69, 9.17) is 4.74 Å². The molecular weight excluding hydrogens is 272 g/mol. The molecule has 0 unspecified atom stereocenters. The van der Waals surface area contributed by atoms with E-state index in [1.54, 1.807) is 0 Å². The topological polar surface area (TPSA) is 77.5 Å². The number of aldehydes is 4. The lowest BCUT2D eigenvalue weighted by Crippen LogP contribution is -1.96. The van der Waals surface area contributed by atoms with E-state index in [0.29, 0.717) is 36.3 Å². The zero-order chi connectivity index (χ0) is 15.2. The molecule has 2 aromatic rings. The first-order chi connectivity index (χ1) is 10.2. The largest absolute Gasteiger partial charge is 0.456 e. The van der Waals surface area contributed by atoms with Crippen molar-refractivity contribution >= 4 is 25.1 Å². The van der Waals surface area contributed by atoms with Crippen molar-refractivity contribution < 1.29 is 23.9 Å². The van der Waals surface area contributed by atoms with Crippen molar-refractivity contribution in [2.75, 3.05) is 0 Å². The quantitative estimate of drug-likeness (QED) is 0.761. The van der Waals surface area contributed by atoms with E-state index in [9.17, 15) is 19.2 Å². The highest BCUT2D eigenvalue weighted by Gasteiger charge is 2.09. The summed E-state index contributed by atoms with van der Waals surface area (Å²) in [6.45, 7) is 0. The minimum Gasteiger partial charge on any atom is -0.456 e. The summed E-state index contributed by atoms with van der Waals surface area (Å²) >= 11 is 0. The molecule has 0 spiro atoms. The Morgan fingerprint density at radius 1 is 0.619 bits per heavy atom. The second-order valence-electron chi connectivity index (χ2n) is 4.17.